The highest BCUT2D eigenvalue weighted by Gasteiger charge is 2.32. The van der Waals surface area contributed by atoms with E-state index in [4.69, 9.17) is 11.6 Å². The van der Waals surface area contributed by atoms with Crippen LogP contribution in [0.1, 0.15) is 18.4 Å². The number of piperazine rings is 1. The number of amides is 1. The summed E-state index contributed by atoms with van der Waals surface area (Å²) in [5.74, 6) is -0.315. The highest BCUT2D eigenvalue weighted by atomic mass is 35.5. The van der Waals surface area contributed by atoms with Crippen molar-refractivity contribution < 1.29 is 17.6 Å². The first-order chi connectivity index (χ1) is 12.7. The fourth-order valence-electron chi connectivity index (χ4n) is 3.71. The van der Waals surface area contributed by atoms with Crippen LogP contribution in [-0.2, 0) is 21.4 Å². The van der Waals surface area contributed by atoms with E-state index < -0.39 is 10.0 Å². The van der Waals surface area contributed by atoms with Crippen LogP contribution >= 0.6 is 24.0 Å². The number of hydrogen-bond acceptors (Lipinski definition) is 4. The number of benzene rings is 1. The highest BCUT2D eigenvalue weighted by Crippen LogP contribution is 2.23. The second-order valence-corrected chi connectivity index (χ2v) is 9.66. The van der Waals surface area contributed by atoms with Crippen LogP contribution in [0.2, 0.25) is 5.02 Å². The molecule has 0 spiro atoms. The molecule has 6 nitrogen and oxygen atoms in total. The van der Waals surface area contributed by atoms with E-state index in [0.717, 1.165) is 18.7 Å². The molecule has 28 heavy (non-hydrogen) atoms. The fraction of sp³-hybridized carbons (Fsp3) is 0.611. The average molecular weight is 454 g/mol. The molecule has 0 bridgehead atoms. The SMILES string of the molecule is CS(=O)(=O)N1CCC(C(=O)N2CCN(Cc3ccc(F)cc3Cl)CC2)CC1.Cl. The second kappa shape index (κ2) is 9.71. The van der Waals surface area contributed by atoms with Gasteiger partial charge >= 0.3 is 0 Å². The lowest BCUT2D eigenvalue weighted by atomic mass is 9.96. The number of rotatable bonds is 4. The lowest BCUT2D eigenvalue weighted by Crippen LogP contribution is -2.51. The quantitative estimate of drug-likeness (QED) is 0.700. The summed E-state index contributed by atoms with van der Waals surface area (Å²) in [6.45, 7) is 4.22. The van der Waals surface area contributed by atoms with Crippen LogP contribution in [0.4, 0.5) is 4.39 Å². The third-order valence-electron chi connectivity index (χ3n) is 5.37. The Balaban J connectivity index is 0.00000280. The summed E-state index contributed by atoms with van der Waals surface area (Å²) in [6.07, 6.45) is 2.37. The summed E-state index contributed by atoms with van der Waals surface area (Å²) in [4.78, 5) is 16.8. The maximum Gasteiger partial charge on any atom is 0.225 e. The molecule has 10 heteroatoms. The molecule has 1 aromatic carbocycles. The molecule has 3 rings (SSSR count). The number of carbonyl (C=O) groups is 1. The predicted octanol–water partition coefficient (Wildman–Crippen LogP) is 2.22. The molecule has 2 aliphatic heterocycles. The maximum absolute atomic E-state index is 13.2. The molecule has 2 heterocycles. The molecule has 0 N–H and O–H groups in total. The van der Waals surface area contributed by atoms with E-state index in [1.54, 1.807) is 6.07 Å². The Bertz CT molecular complexity index is 793. The molecule has 158 valence electrons. The standard InChI is InChI=1S/C18H25ClFN3O3S.ClH/c1-27(25,26)23-6-4-14(5-7-23)18(24)22-10-8-21(9-11-22)13-15-2-3-16(20)12-17(15)19;/h2-3,12,14H,4-11,13H2,1H3;1H. The summed E-state index contributed by atoms with van der Waals surface area (Å²) in [5.41, 5.74) is 0.881. The average Bonchev–Trinajstić information content (AvgIpc) is 2.63. The van der Waals surface area contributed by atoms with Crippen molar-refractivity contribution in [1.82, 2.24) is 14.1 Å². The predicted molar refractivity (Wildman–Crippen MR) is 110 cm³/mol. The van der Waals surface area contributed by atoms with Gasteiger partial charge < -0.3 is 4.90 Å². The van der Waals surface area contributed by atoms with Gasteiger partial charge in [-0.3, -0.25) is 9.69 Å². The summed E-state index contributed by atoms with van der Waals surface area (Å²) >= 11 is 6.10. The fourth-order valence-corrected chi connectivity index (χ4v) is 4.81. The van der Waals surface area contributed by atoms with Gasteiger partial charge in [-0.2, -0.15) is 0 Å². The molecule has 2 saturated heterocycles. The van der Waals surface area contributed by atoms with Crippen molar-refractivity contribution in [3.8, 4) is 0 Å². The topological polar surface area (TPSA) is 60.9 Å². The first-order valence-corrected chi connectivity index (χ1v) is 11.4. The first kappa shape index (κ1) is 23.3. The van der Waals surface area contributed by atoms with E-state index in [0.29, 0.717) is 50.6 Å². The number of hydrogen-bond donors (Lipinski definition) is 0. The lowest BCUT2D eigenvalue weighted by molar-refractivity contribution is -0.138. The second-order valence-electron chi connectivity index (χ2n) is 7.27. The molecule has 0 aliphatic carbocycles. The highest BCUT2D eigenvalue weighted by molar-refractivity contribution is 7.88. The van der Waals surface area contributed by atoms with Crippen molar-refractivity contribution in [2.75, 3.05) is 45.5 Å². The smallest absolute Gasteiger partial charge is 0.225 e. The van der Waals surface area contributed by atoms with Crippen molar-refractivity contribution in [1.29, 1.82) is 0 Å². The van der Waals surface area contributed by atoms with Crippen LogP contribution in [0.3, 0.4) is 0 Å². The molecule has 0 saturated carbocycles. The molecule has 0 aromatic heterocycles. The van der Waals surface area contributed by atoms with Gasteiger partial charge in [-0.1, -0.05) is 17.7 Å². The molecule has 1 aromatic rings. The van der Waals surface area contributed by atoms with E-state index in [1.165, 1.54) is 22.7 Å². The van der Waals surface area contributed by atoms with Crippen molar-refractivity contribution in [2.45, 2.75) is 19.4 Å². The zero-order chi connectivity index (χ0) is 19.6. The Hall–Kier alpha value is -0.930. The zero-order valence-corrected chi connectivity index (χ0v) is 18.2. The third-order valence-corrected chi connectivity index (χ3v) is 7.02. The van der Waals surface area contributed by atoms with E-state index in [-0.39, 0.29) is 30.0 Å². The van der Waals surface area contributed by atoms with Crippen LogP contribution in [0.25, 0.3) is 0 Å². The van der Waals surface area contributed by atoms with Crippen LogP contribution in [0, 0.1) is 11.7 Å². The molecule has 2 aliphatic rings. The van der Waals surface area contributed by atoms with Gasteiger partial charge in [0, 0.05) is 56.8 Å². The summed E-state index contributed by atoms with van der Waals surface area (Å²) in [7, 11) is -3.18. The Morgan fingerprint density at radius 3 is 2.29 bits per heavy atom. The van der Waals surface area contributed by atoms with E-state index in [2.05, 4.69) is 4.90 Å². The maximum atomic E-state index is 13.2. The largest absolute Gasteiger partial charge is 0.340 e. The lowest BCUT2D eigenvalue weighted by Gasteiger charge is -2.38. The minimum atomic E-state index is -3.18. The minimum absolute atomic E-state index is 0. The Morgan fingerprint density at radius 2 is 1.75 bits per heavy atom. The summed E-state index contributed by atoms with van der Waals surface area (Å²) in [6, 6.07) is 4.42. The van der Waals surface area contributed by atoms with Crippen molar-refractivity contribution >= 4 is 39.9 Å². The Labute approximate surface area is 177 Å². The van der Waals surface area contributed by atoms with Gasteiger partial charge in [-0.25, -0.2) is 17.1 Å². The van der Waals surface area contributed by atoms with Crippen molar-refractivity contribution in [2.24, 2.45) is 5.92 Å². The number of carbonyl (C=O) groups excluding carboxylic acids is 1. The van der Waals surface area contributed by atoms with Gasteiger partial charge in [-0.05, 0) is 30.5 Å². The normalized spacial score (nSPS) is 20.0. The van der Waals surface area contributed by atoms with Crippen LogP contribution in [0.15, 0.2) is 18.2 Å². The Morgan fingerprint density at radius 1 is 1.14 bits per heavy atom. The van der Waals surface area contributed by atoms with E-state index in [1.807, 2.05) is 4.90 Å². The monoisotopic (exact) mass is 453 g/mol. The summed E-state index contributed by atoms with van der Waals surface area (Å²) in [5, 5.41) is 0.422. The number of sulfonamides is 1. The van der Waals surface area contributed by atoms with Gasteiger partial charge in [0.25, 0.3) is 0 Å². The number of halogens is 3. The zero-order valence-electron chi connectivity index (χ0n) is 15.8. The van der Waals surface area contributed by atoms with Crippen molar-refractivity contribution in [3.63, 3.8) is 0 Å². The molecule has 2 fully saturated rings. The molecule has 1 amide bonds. The summed E-state index contributed by atoms with van der Waals surface area (Å²) < 4.78 is 37.8. The molecular formula is C18H26Cl2FN3O3S. The number of piperidine rings is 1. The van der Waals surface area contributed by atoms with E-state index in [9.17, 15) is 17.6 Å². The van der Waals surface area contributed by atoms with E-state index >= 15 is 0 Å². The Kier molecular flexibility index (Phi) is 8.10. The minimum Gasteiger partial charge on any atom is -0.340 e. The van der Waals surface area contributed by atoms with Gasteiger partial charge in [0.05, 0.1) is 6.26 Å². The van der Waals surface area contributed by atoms with Crippen LogP contribution in [0.5, 0.6) is 0 Å². The molecule has 0 atom stereocenters. The van der Waals surface area contributed by atoms with Gasteiger partial charge in [-0.15, -0.1) is 12.4 Å². The molecule has 0 unspecified atom stereocenters. The first-order valence-electron chi connectivity index (χ1n) is 9.14. The third kappa shape index (κ3) is 5.79. The van der Waals surface area contributed by atoms with Crippen LogP contribution in [-0.4, -0.2) is 74.0 Å². The van der Waals surface area contributed by atoms with Crippen LogP contribution < -0.4 is 0 Å². The van der Waals surface area contributed by atoms with Gasteiger partial charge in [0.1, 0.15) is 5.82 Å². The number of nitrogens with zero attached hydrogens (tertiary/aromatic N) is 3. The molecular weight excluding hydrogens is 428 g/mol. The molecule has 0 radical (unpaired) electrons. The van der Waals surface area contributed by atoms with Gasteiger partial charge in [0.2, 0.25) is 15.9 Å². The van der Waals surface area contributed by atoms with Crippen molar-refractivity contribution in [3.05, 3.63) is 34.6 Å². The van der Waals surface area contributed by atoms with Gasteiger partial charge in [0.15, 0.2) is 0 Å².